The largest absolute Gasteiger partial charge is 0.311 e. The van der Waals surface area contributed by atoms with Gasteiger partial charge in [-0.05, 0) is 19.9 Å². The fourth-order valence-corrected chi connectivity index (χ4v) is 1.88. The van der Waals surface area contributed by atoms with Crippen LogP contribution < -0.4 is 5.32 Å². The highest BCUT2D eigenvalue weighted by Crippen LogP contribution is 2.12. The van der Waals surface area contributed by atoms with Crippen LogP contribution in [0.25, 0.3) is 6.08 Å². The van der Waals surface area contributed by atoms with Crippen molar-refractivity contribution < 1.29 is 0 Å². The molecule has 0 fully saturated rings. The second kappa shape index (κ2) is 5.27. The molecule has 0 unspecified atom stereocenters. The third-order valence-corrected chi connectivity index (χ3v) is 2.71. The summed E-state index contributed by atoms with van der Waals surface area (Å²) in [4.78, 5) is 4.39. The summed E-state index contributed by atoms with van der Waals surface area (Å²) in [6.45, 7) is 9.40. The highest BCUT2D eigenvalue weighted by molar-refractivity contribution is 7.10. The van der Waals surface area contributed by atoms with Crippen molar-refractivity contribution in [2.75, 3.05) is 6.54 Å². The number of aryl methyl sites for hydroxylation is 1. The van der Waals surface area contributed by atoms with Crippen molar-refractivity contribution in [3.63, 3.8) is 0 Å². The van der Waals surface area contributed by atoms with E-state index in [-0.39, 0.29) is 0 Å². The second-order valence-corrected chi connectivity index (χ2v) is 4.74. The van der Waals surface area contributed by atoms with Gasteiger partial charge in [-0.25, -0.2) is 4.98 Å². The van der Waals surface area contributed by atoms with E-state index in [0.29, 0.717) is 6.04 Å². The van der Waals surface area contributed by atoms with Gasteiger partial charge in [0.1, 0.15) is 5.01 Å². The first-order chi connectivity index (χ1) is 6.58. The van der Waals surface area contributed by atoms with E-state index in [1.54, 1.807) is 11.3 Å². The van der Waals surface area contributed by atoms with Crippen LogP contribution in [0, 0.1) is 6.92 Å². The lowest BCUT2D eigenvalue weighted by molar-refractivity contribution is 0.623. The molecule has 0 saturated heterocycles. The molecule has 0 aliphatic carbocycles. The maximum absolute atomic E-state index is 4.39. The average molecular weight is 210 g/mol. The highest BCUT2D eigenvalue weighted by Gasteiger charge is 1.97. The van der Waals surface area contributed by atoms with Crippen molar-refractivity contribution in [2.24, 2.45) is 0 Å². The Bertz CT molecular complexity index is 313. The predicted octanol–water partition coefficient (Wildman–Crippen LogP) is 2.85. The summed E-state index contributed by atoms with van der Waals surface area (Å²) >= 11 is 1.70. The summed E-state index contributed by atoms with van der Waals surface area (Å²) in [5.41, 5.74) is 2.43. The Hall–Kier alpha value is -0.670. The van der Waals surface area contributed by atoms with Gasteiger partial charge in [0, 0.05) is 23.7 Å². The monoisotopic (exact) mass is 210 g/mol. The first-order valence-corrected chi connectivity index (χ1v) is 5.78. The molecular weight excluding hydrogens is 192 g/mol. The maximum atomic E-state index is 4.39. The highest BCUT2D eigenvalue weighted by atomic mass is 32.1. The predicted molar refractivity (Wildman–Crippen MR) is 63.6 cm³/mol. The summed E-state index contributed by atoms with van der Waals surface area (Å²) in [6, 6.07) is 0.538. The maximum Gasteiger partial charge on any atom is 0.116 e. The second-order valence-electron chi connectivity index (χ2n) is 3.85. The van der Waals surface area contributed by atoms with Crippen molar-refractivity contribution in [1.82, 2.24) is 10.3 Å². The molecule has 0 radical (unpaired) electrons. The number of nitrogens with one attached hydrogen (secondary N) is 1. The number of hydrogen-bond donors (Lipinski definition) is 1. The fourth-order valence-electron chi connectivity index (χ4n) is 1.07. The van der Waals surface area contributed by atoms with Crippen molar-refractivity contribution in [3.05, 3.63) is 21.7 Å². The molecule has 0 bridgehead atoms. The van der Waals surface area contributed by atoms with E-state index in [1.165, 1.54) is 5.57 Å². The summed E-state index contributed by atoms with van der Waals surface area (Å²) in [5.74, 6) is 0. The summed E-state index contributed by atoms with van der Waals surface area (Å²) < 4.78 is 0. The lowest BCUT2D eigenvalue weighted by atomic mass is 10.2. The van der Waals surface area contributed by atoms with E-state index in [0.717, 1.165) is 17.2 Å². The number of rotatable bonds is 4. The summed E-state index contributed by atoms with van der Waals surface area (Å²) in [7, 11) is 0. The van der Waals surface area contributed by atoms with Gasteiger partial charge in [0.25, 0.3) is 0 Å². The molecule has 14 heavy (non-hydrogen) atoms. The van der Waals surface area contributed by atoms with Gasteiger partial charge in [-0.15, -0.1) is 11.3 Å². The normalized spacial score (nSPS) is 12.5. The van der Waals surface area contributed by atoms with Gasteiger partial charge in [0.15, 0.2) is 0 Å². The molecule has 0 atom stereocenters. The quantitative estimate of drug-likeness (QED) is 0.826. The first kappa shape index (κ1) is 11.4. The number of nitrogens with zero attached hydrogens (tertiary/aromatic N) is 1. The van der Waals surface area contributed by atoms with Gasteiger partial charge in [-0.1, -0.05) is 19.4 Å². The van der Waals surface area contributed by atoms with Gasteiger partial charge < -0.3 is 5.32 Å². The van der Waals surface area contributed by atoms with E-state index in [2.05, 4.69) is 42.5 Å². The van der Waals surface area contributed by atoms with Crippen LogP contribution in [-0.2, 0) is 0 Å². The third-order valence-electron chi connectivity index (χ3n) is 1.80. The minimum absolute atomic E-state index is 0.538. The van der Waals surface area contributed by atoms with Gasteiger partial charge in [0.05, 0.1) is 0 Å². The van der Waals surface area contributed by atoms with Crippen molar-refractivity contribution >= 4 is 17.4 Å². The molecule has 1 aromatic heterocycles. The molecule has 2 nitrogen and oxygen atoms in total. The average Bonchev–Trinajstić information content (AvgIpc) is 2.48. The van der Waals surface area contributed by atoms with E-state index in [1.807, 2.05) is 6.92 Å². The Kier molecular flexibility index (Phi) is 4.29. The minimum Gasteiger partial charge on any atom is -0.311 e. The Balaban J connectivity index is 2.51. The molecule has 0 aromatic carbocycles. The van der Waals surface area contributed by atoms with Gasteiger partial charge in [-0.2, -0.15) is 0 Å². The van der Waals surface area contributed by atoms with Crippen LogP contribution in [-0.4, -0.2) is 17.6 Å². The first-order valence-electron chi connectivity index (χ1n) is 4.90. The zero-order valence-electron chi connectivity index (χ0n) is 9.29. The molecule has 1 N–H and O–H groups in total. The topological polar surface area (TPSA) is 24.9 Å². The molecule has 0 spiro atoms. The van der Waals surface area contributed by atoms with Crippen molar-refractivity contribution in [1.29, 1.82) is 0 Å². The summed E-state index contributed by atoms with van der Waals surface area (Å²) in [5, 5.41) is 6.56. The molecule has 0 amide bonds. The van der Waals surface area contributed by atoms with Crippen molar-refractivity contribution in [2.45, 2.75) is 33.7 Å². The van der Waals surface area contributed by atoms with E-state index < -0.39 is 0 Å². The van der Waals surface area contributed by atoms with E-state index in [4.69, 9.17) is 0 Å². The van der Waals surface area contributed by atoms with Crippen molar-refractivity contribution in [3.8, 4) is 0 Å². The fraction of sp³-hybridized carbons (Fsp3) is 0.545. The molecule has 3 heteroatoms. The van der Waals surface area contributed by atoms with Gasteiger partial charge >= 0.3 is 0 Å². The summed E-state index contributed by atoms with van der Waals surface area (Å²) in [6.07, 6.45) is 2.15. The number of hydrogen-bond acceptors (Lipinski definition) is 3. The number of aromatic nitrogens is 1. The molecule has 0 aliphatic rings. The number of thiazole rings is 1. The molecular formula is C11H18N2S. The zero-order chi connectivity index (χ0) is 10.6. The van der Waals surface area contributed by atoms with Crippen LogP contribution in [0.2, 0.25) is 0 Å². The van der Waals surface area contributed by atoms with Crippen LogP contribution in [0.15, 0.2) is 11.0 Å². The molecule has 1 rings (SSSR count). The lowest BCUT2D eigenvalue weighted by Gasteiger charge is -2.07. The van der Waals surface area contributed by atoms with Crippen LogP contribution in [0.5, 0.6) is 0 Å². The Morgan fingerprint density at radius 3 is 2.86 bits per heavy atom. The van der Waals surface area contributed by atoms with Crippen LogP contribution in [0.3, 0.4) is 0 Å². The van der Waals surface area contributed by atoms with Gasteiger partial charge in [0.2, 0.25) is 0 Å². The smallest absolute Gasteiger partial charge is 0.116 e. The Labute approximate surface area is 90.1 Å². The molecule has 0 saturated carbocycles. The van der Waals surface area contributed by atoms with Crippen LogP contribution in [0.4, 0.5) is 0 Å². The molecule has 1 aromatic rings. The molecule has 1 heterocycles. The van der Waals surface area contributed by atoms with Gasteiger partial charge in [-0.3, -0.25) is 0 Å². The Morgan fingerprint density at radius 1 is 1.64 bits per heavy atom. The van der Waals surface area contributed by atoms with Crippen LogP contribution in [0.1, 0.15) is 31.5 Å². The molecule has 78 valence electrons. The third kappa shape index (κ3) is 4.03. The SMILES string of the molecule is CC(=Cc1nc(C)cs1)CNC(C)C. The molecule has 0 aliphatic heterocycles. The van der Waals surface area contributed by atoms with E-state index in [9.17, 15) is 0 Å². The lowest BCUT2D eigenvalue weighted by Crippen LogP contribution is -2.24. The standard InChI is InChI=1S/C11H18N2S/c1-8(2)12-6-9(3)5-11-13-10(4)7-14-11/h5,7-8,12H,6H2,1-4H3. The van der Waals surface area contributed by atoms with Crippen LogP contribution >= 0.6 is 11.3 Å². The minimum atomic E-state index is 0.538. The zero-order valence-corrected chi connectivity index (χ0v) is 10.1. The Morgan fingerprint density at radius 2 is 2.36 bits per heavy atom. The van der Waals surface area contributed by atoms with E-state index >= 15 is 0 Å².